The lowest BCUT2D eigenvalue weighted by atomic mass is 9.76. The summed E-state index contributed by atoms with van der Waals surface area (Å²) in [5, 5.41) is 0. The van der Waals surface area contributed by atoms with Crippen LogP contribution in [0.3, 0.4) is 0 Å². The molecule has 0 unspecified atom stereocenters. The molecule has 3 N–H and O–H groups in total. The van der Waals surface area contributed by atoms with E-state index in [2.05, 4.69) is 16.4 Å². The topological polar surface area (TPSA) is 98.5 Å². The van der Waals surface area contributed by atoms with Crippen LogP contribution < -0.4 is 10.5 Å². The Morgan fingerprint density at radius 2 is 2.00 bits per heavy atom. The molecule has 1 aliphatic rings. The van der Waals surface area contributed by atoms with E-state index in [-0.39, 0.29) is 17.2 Å². The van der Waals surface area contributed by atoms with Gasteiger partial charge in [0.25, 0.3) is 0 Å². The van der Waals surface area contributed by atoms with Gasteiger partial charge < -0.3 is 10.5 Å². The lowest BCUT2D eigenvalue weighted by Crippen LogP contribution is -2.58. The van der Waals surface area contributed by atoms with Crippen molar-refractivity contribution in [2.45, 2.75) is 51.0 Å². The van der Waals surface area contributed by atoms with Gasteiger partial charge in [0.05, 0.1) is 29.8 Å². The molecule has 1 rings (SSSR count). The van der Waals surface area contributed by atoms with E-state index < -0.39 is 21.5 Å². The predicted molar refractivity (Wildman–Crippen MR) is 85.3 cm³/mol. The third kappa shape index (κ3) is 5.19. The first kappa shape index (κ1) is 18.3. The number of nitrogens with two attached hydrogens (primary N) is 1. The summed E-state index contributed by atoms with van der Waals surface area (Å²) in [4.78, 5) is 11.3. The zero-order chi connectivity index (χ0) is 16.1. The van der Waals surface area contributed by atoms with E-state index in [0.717, 1.165) is 19.3 Å². The van der Waals surface area contributed by atoms with Gasteiger partial charge >= 0.3 is 5.97 Å². The van der Waals surface area contributed by atoms with E-state index in [1.54, 1.807) is 0 Å². The Bertz CT molecular complexity index is 482. The second kappa shape index (κ2) is 7.51. The van der Waals surface area contributed by atoms with Crippen molar-refractivity contribution in [1.82, 2.24) is 4.72 Å². The van der Waals surface area contributed by atoms with Gasteiger partial charge in [-0.3, -0.25) is 4.79 Å². The zero-order valence-corrected chi connectivity index (χ0v) is 14.2. The van der Waals surface area contributed by atoms with E-state index in [1.807, 2.05) is 0 Å². The molecule has 0 aromatic carbocycles. The standard InChI is InChI=1S/C13H24N2O4S2/c1-3-10-4-7-13(8-5-10,12(14)20)15-21(17,18)9-6-11(16)19-2/h10,15H,3-9H2,1-2H3,(H2,14,20). The highest BCUT2D eigenvalue weighted by molar-refractivity contribution is 7.89. The highest BCUT2D eigenvalue weighted by Gasteiger charge is 2.40. The Morgan fingerprint density at radius 1 is 1.43 bits per heavy atom. The van der Waals surface area contributed by atoms with E-state index in [4.69, 9.17) is 18.0 Å². The van der Waals surface area contributed by atoms with Crippen LogP contribution in [0.4, 0.5) is 0 Å². The largest absolute Gasteiger partial charge is 0.469 e. The van der Waals surface area contributed by atoms with E-state index in [1.165, 1.54) is 7.11 Å². The SMILES string of the molecule is CCC1CCC(NS(=O)(=O)CCC(=O)OC)(C(N)=S)CC1. The molecule has 6 nitrogen and oxygen atoms in total. The molecule has 0 amide bonds. The fraction of sp³-hybridized carbons (Fsp3) is 0.846. The predicted octanol–water partition coefficient (Wildman–Crippen LogP) is 1.09. The van der Waals surface area contributed by atoms with E-state index >= 15 is 0 Å². The van der Waals surface area contributed by atoms with Gasteiger partial charge in [-0.05, 0) is 31.6 Å². The van der Waals surface area contributed by atoms with Gasteiger partial charge in [0, 0.05) is 0 Å². The summed E-state index contributed by atoms with van der Waals surface area (Å²) >= 11 is 5.09. The number of esters is 1. The van der Waals surface area contributed by atoms with Crippen LogP contribution in [0.25, 0.3) is 0 Å². The van der Waals surface area contributed by atoms with Crippen molar-refractivity contribution in [2.24, 2.45) is 11.7 Å². The number of methoxy groups -OCH3 is 1. The number of hydrogen-bond acceptors (Lipinski definition) is 5. The molecule has 0 aliphatic heterocycles. The normalized spacial score (nSPS) is 26.3. The van der Waals surface area contributed by atoms with Gasteiger partial charge in [-0.15, -0.1) is 0 Å². The van der Waals surface area contributed by atoms with Crippen molar-refractivity contribution < 1.29 is 17.9 Å². The minimum Gasteiger partial charge on any atom is -0.469 e. The summed E-state index contributed by atoms with van der Waals surface area (Å²) in [6.45, 7) is 2.12. The highest BCUT2D eigenvalue weighted by atomic mass is 32.2. The Hall–Kier alpha value is -0.730. The molecule has 0 radical (unpaired) electrons. The van der Waals surface area contributed by atoms with Gasteiger partial charge in [-0.1, -0.05) is 25.6 Å². The van der Waals surface area contributed by atoms with E-state index in [0.29, 0.717) is 18.8 Å². The number of ether oxygens (including phenoxy) is 1. The van der Waals surface area contributed by atoms with Crippen molar-refractivity contribution in [3.05, 3.63) is 0 Å². The van der Waals surface area contributed by atoms with Crippen molar-refractivity contribution in [1.29, 1.82) is 0 Å². The van der Waals surface area contributed by atoms with Crippen LogP contribution in [0.2, 0.25) is 0 Å². The van der Waals surface area contributed by atoms with Crippen LogP contribution in [0, 0.1) is 5.92 Å². The van der Waals surface area contributed by atoms with Crippen molar-refractivity contribution in [3.63, 3.8) is 0 Å². The summed E-state index contributed by atoms with van der Waals surface area (Å²) in [6, 6.07) is 0. The molecule has 1 saturated carbocycles. The lowest BCUT2D eigenvalue weighted by Gasteiger charge is -2.39. The number of nitrogens with one attached hydrogen (secondary N) is 1. The molecule has 0 aromatic heterocycles. The molecule has 0 spiro atoms. The van der Waals surface area contributed by atoms with Gasteiger partial charge in [-0.25, -0.2) is 13.1 Å². The third-order valence-corrected chi connectivity index (χ3v) is 6.00. The monoisotopic (exact) mass is 336 g/mol. The number of sulfonamides is 1. The number of carbonyl (C=O) groups is 1. The molecule has 1 aliphatic carbocycles. The molecule has 1 fully saturated rings. The van der Waals surface area contributed by atoms with Crippen molar-refractivity contribution >= 4 is 33.2 Å². The van der Waals surface area contributed by atoms with Gasteiger partial charge in [0.2, 0.25) is 10.0 Å². The molecule has 122 valence electrons. The summed E-state index contributed by atoms with van der Waals surface area (Å²) in [5.74, 6) is -0.284. The average molecular weight is 336 g/mol. The molecular formula is C13H24N2O4S2. The quantitative estimate of drug-likeness (QED) is 0.533. The maximum absolute atomic E-state index is 12.1. The van der Waals surface area contributed by atoms with Gasteiger partial charge in [0.15, 0.2) is 0 Å². The summed E-state index contributed by atoms with van der Waals surface area (Å²) in [7, 11) is -2.41. The Morgan fingerprint density at radius 3 is 2.43 bits per heavy atom. The number of rotatable bonds is 7. The molecule has 0 saturated heterocycles. The summed E-state index contributed by atoms with van der Waals surface area (Å²) < 4.78 is 31.4. The number of thiocarbonyl (C=S) groups is 1. The Kier molecular flexibility index (Phi) is 6.55. The molecule has 0 aromatic rings. The molecule has 0 heterocycles. The molecule has 8 heteroatoms. The van der Waals surface area contributed by atoms with Crippen LogP contribution in [-0.4, -0.2) is 37.8 Å². The van der Waals surface area contributed by atoms with Crippen LogP contribution in [-0.2, 0) is 19.6 Å². The van der Waals surface area contributed by atoms with E-state index in [9.17, 15) is 13.2 Å². The molecule has 0 bridgehead atoms. The second-order valence-corrected chi connectivity index (χ2v) is 7.83. The first-order chi connectivity index (χ1) is 9.74. The zero-order valence-electron chi connectivity index (χ0n) is 12.6. The fourth-order valence-electron chi connectivity index (χ4n) is 2.65. The van der Waals surface area contributed by atoms with Crippen LogP contribution in [0.15, 0.2) is 0 Å². The first-order valence-corrected chi connectivity index (χ1v) is 9.19. The second-order valence-electron chi connectivity index (χ2n) is 5.55. The maximum Gasteiger partial charge on any atom is 0.306 e. The van der Waals surface area contributed by atoms with Crippen molar-refractivity contribution in [2.75, 3.05) is 12.9 Å². The Balaban J connectivity index is 2.75. The van der Waals surface area contributed by atoms with Crippen molar-refractivity contribution in [3.8, 4) is 0 Å². The molecule has 0 atom stereocenters. The average Bonchev–Trinajstić information content (AvgIpc) is 2.45. The highest BCUT2D eigenvalue weighted by Crippen LogP contribution is 2.34. The fourth-order valence-corrected chi connectivity index (χ4v) is 4.41. The minimum absolute atomic E-state index is 0.179. The third-order valence-electron chi connectivity index (χ3n) is 4.16. The van der Waals surface area contributed by atoms with Gasteiger partial charge in [0.1, 0.15) is 0 Å². The summed E-state index contributed by atoms with van der Waals surface area (Å²) in [5.41, 5.74) is 4.94. The number of hydrogen-bond donors (Lipinski definition) is 2. The summed E-state index contributed by atoms with van der Waals surface area (Å²) in [6.07, 6.45) is 3.90. The minimum atomic E-state index is -3.63. The Labute approximate surface area is 131 Å². The number of carbonyl (C=O) groups excluding carboxylic acids is 1. The van der Waals surface area contributed by atoms with Crippen LogP contribution in [0.1, 0.15) is 45.4 Å². The lowest BCUT2D eigenvalue weighted by molar-refractivity contribution is -0.140. The first-order valence-electron chi connectivity index (χ1n) is 7.13. The molecular weight excluding hydrogens is 312 g/mol. The maximum atomic E-state index is 12.1. The molecule has 21 heavy (non-hydrogen) atoms. The smallest absolute Gasteiger partial charge is 0.306 e. The van der Waals surface area contributed by atoms with Gasteiger partial charge in [-0.2, -0.15) is 0 Å². The van der Waals surface area contributed by atoms with Crippen LogP contribution in [0.5, 0.6) is 0 Å². The van der Waals surface area contributed by atoms with Crippen LogP contribution >= 0.6 is 12.2 Å².